The normalized spacial score (nSPS) is 13.2. The molecule has 0 radical (unpaired) electrons. The SMILES string of the molecule is CCOc1ccc(CN2C(=O)c3ccccc3C2=O)cc1C(=O)N(C(C)C)C(C)C. The molecule has 1 heterocycles. The number of carbonyl (C=O) groups excluding carboxylic acids is 3. The van der Waals surface area contributed by atoms with Gasteiger partial charge in [-0.15, -0.1) is 0 Å². The largest absolute Gasteiger partial charge is 0.493 e. The highest BCUT2D eigenvalue weighted by atomic mass is 16.5. The number of hydrogen-bond acceptors (Lipinski definition) is 4. The second-order valence-corrected chi connectivity index (χ2v) is 7.91. The predicted octanol–water partition coefficient (Wildman–Crippen LogP) is 4.14. The molecule has 0 spiro atoms. The number of ether oxygens (including phenoxy) is 1. The van der Waals surface area contributed by atoms with Gasteiger partial charge in [-0.25, -0.2) is 0 Å². The van der Waals surface area contributed by atoms with Gasteiger partial charge in [-0.2, -0.15) is 0 Å². The maximum atomic E-state index is 13.3. The molecule has 3 amide bonds. The van der Waals surface area contributed by atoms with Crippen molar-refractivity contribution < 1.29 is 19.1 Å². The van der Waals surface area contributed by atoms with E-state index in [1.807, 2.05) is 34.6 Å². The first kappa shape index (κ1) is 21.6. The van der Waals surface area contributed by atoms with E-state index in [0.717, 1.165) is 0 Å². The first-order valence-corrected chi connectivity index (χ1v) is 10.3. The Hall–Kier alpha value is -3.15. The van der Waals surface area contributed by atoms with Crippen molar-refractivity contribution in [3.05, 3.63) is 64.7 Å². The smallest absolute Gasteiger partial charge is 0.261 e. The van der Waals surface area contributed by atoms with E-state index in [1.54, 1.807) is 47.4 Å². The lowest BCUT2D eigenvalue weighted by Gasteiger charge is -2.31. The van der Waals surface area contributed by atoms with Crippen molar-refractivity contribution in [2.45, 2.75) is 53.2 Å². The van der Waals surface area contributed by atoms with Gasteiger partial charge in [0, 0.05) is 12.1 Å². The highest BCUT2D eigenvalue weighted by Crippen LogP contribution is 2.28. The summed E-state index contributed by atoms with van der Waals surface area (Å²) < 4.78 is 5.69. The summed E-state index contributed by atoms with van der Waals surface area (Å²) in [5, 5.41) is 0. The average Bonchev–Trinajstić information content (AvgIpc) is 2.94. The molecule has 0 saturated heterocycles. The van der Waals surface area contributed by atoms with Gasteiger partial charge in [0.15, 0.2) is 0 Å². The molecule has 0 bridgehead atoms. The minimum absolute atomic E-state index is 0.0202. The second kappa shape index (κ2) is 8.69. The van der Waals surface area contributed by atoms with Crippen LogP contribution in [0, 0.1) is 0 Å². The van der Waals surface area contributed by atoms with E-state index in [0.29, 0.717) is 34.6 Å². The Labute approximate surface area is 177 Å². The summed E-state index contributed by atoms with van der Waals surface area (Å²) in [6, 6.07) is 12.1. The van der Waals surface area contributed by atoms with Crippen LogP contribution < -0.4 is 4.74 Å². The van der Waals surface area contributed by atoms with Gasteiger partial charge < -0.3 is 9.64 Å². The summed E-state index contributed by atoms with van der Waals surface area (Å²) in [5.74, 6) is -0.265. The molecule has 0 unspecified atom stereocenters. The maximum Gasteiger partial charge on any atom is 0.261 e. The second-order valence-electron chi connectivity index (χ2n) is 7.91. The zero-order valence-corrected chi connectivity index (χ0v) is 18.1. The third kappa shape index (κ3) is 3.95. The Morgan fingerprint density at radius 2 is 1.53 bits per heavy atom. The van der Waals surface area contributed by atoms with Gasteiger partial charge >= 0.3 is 0 Å². The van der Waals surface area contributed by atoms with Crippen LogP contribution in [0.1, 0.15) is 71.3 Å². The molecule has 1 aliphatic rings. The van der Waals surface area contributed by atoms with Crippen LogP contribution in [0.15, 0.2) is 42.5 Å². The molecule has 6 heteroatoms. The van der Waals surface area contributed by atoms with Crippen molar-refractivity contribution in [1.82, 2.24) is 9.80 Å². The number of nitrogens with zero attached hydrogens (tertiary/aromatic N) is 2. The first-order chi connectivity index (χ1) is 14.3. The molecule has 0 aromatic heterocycles. The van der Waals surface area contributed by atoms with E-state index in [1.165, 1.54) is 4.90 Å². The molecule has 0 N–H and O–H groups in total. The number of carbonyl (C=O) groups is 3. The van der Waals surface area contributed by atoms with Crippen molar-refractivity contribution in [3.63, 3.8) is 0 Å². The standard InChI is InChI=1S/C24H28N2O4/c1-6-30-21-12-11-17(13-20(21)24(29)26(15(2)3)16(4)5)14-25-22(27)18-9-7-8-10-19(18)23(25)28/h7-13,15-16H,6,14H2,1-5H3. The van der Waals surface area contributed by atoms with Crippen LogP contribution in [0.25, 0.3) is 0 Å². The molecule has 30 heavy (non-hydrogen) atoms. The van der Waals surface area contributed by atoms with E-state index < -0.39 is 0 Å². The van der Waals surface area contributed by atoms with Crippen LogP contribution in [-0.2, 0) is 6.54 Å². The van der Waals surface area contributed by atoms with Gasteiger partial charge in [-0.05, 0) is 64.4 Å². The highest BCUT2D eigenvalue weighted by molar-refractivity contribution is 6.21. The lowest BCUT2D eigenvalue weighted by molar-refractivity contribution is 0.0634. The molecule has 1 aliphatic heterocycles. The Balaban J connectivity index is 1.94. The fourth-order valence-electron chi connectivity index (χ4n) is 3.89. The van der Waals surface area contributed by atoms with E-state index >= 15 is 0 Å². The Morgan fingerprint density at radius 3 is 2.03 bits per heavy atom. The van der Waals surface area contributed by atoms with Crippen LogP contribution in [0.4, 0.5) is 0 Å². The topological polar surface area (TPSA) is 66.9 Å². The molecular weight excluding hydrogens is 380 g/mol. The highest BCUT2D eigenvalue weighted by Gasteiger charge is 2.35. The summed E-state index contributed by atoms with van der Waals surface area (Å²) >= 11 is 0. The van der Waals surface area contributed by atoms with Crippen molar-refractivity contribution in [1.29, 1.82) is 0 Å². The molecular formula is C24H28N2O4. The summed E-state index contributed by atoms with van der Waals surface area (Å²) in [4.78, 5) is 41.7. The number of fused-ring (bicyclic) bond motifs is 1. The van der Waals surface area contributed by atoms with Gasteiger partial charge in [0.1, 0.15) is 5.75 Å². The quantitative estimate of drug-likeness (QED) is 0.646. The number of rotatable bonds is 7. The maximum absolute atomic E-state index is 13.3. The number of hydrogen-bond donors (Lipinski definition) is 0. The van der Waals surface area contributed by atoms with Gasteiger partial charge in [0.05, 0.1) is 29.8 Å². The van der Waals surface area contributed by atoms with Crippen LogP contribution >= 0.6 is 0 Å². The number of benzene rings is 2. The van der Waals surface area contributed by atoms with Crippen molar-refractivity contribution in [2.24, 2.45) is 0 Å². The lowest BCUT2D eigenvalue weighted by Crippen LogP contribution is -2.42. The minimum Gasteiger partial charge on any atom is -0.493 e. The number of amides is 3. The van der Waals surface area contributed by atoms with Gasteiger partial charge in [0.25, 0.3) is 17.7 Å². The van der Waals surface area contributed by atoms with E-state index in [4.69, 9.17) is 4.74 Å². The van der Waals surface area contributed by atoms with E-state index in [2.05, 4.69) is 0 Å². The lowest BCUT2D eigenvalue weighted by atomic mass is 10.1. The third-order valence-electron chi connectivity index (χ3n) is 5.14. The van der Waals surface area contributed by atoms with Gasteiger partial charge in [0.2, 0.25) is 0 Å². The summed E-state index contributed by atoms with van der Waals surface area (Å²) in [6.45, 7) is 10.3. The third-order valence-corrected chi connectivity index (χ3v) is 5.14. The van der Waals surface area contributed by atoms with E-state index in [-0.39, 0.29) is 36.3 Å². The Morgan fingerprint density at radius 1 is 0.967 bits per heavy atom. The molecule has 3 rings (SSSR count). The first-order valence-electron chi connectivity index (χ1n) is 10.3. The molecule has 2 aromatic carbocycles. The molecule has 0 saturated carbocycles. The fourth-order valence-corrected chi connectivity index (χ4v) is 3.89. The summed E-state index contributed by atoms with van der Waals surface area (Å²) in [5.41, 5.74) is 1.96. The van der Waals surface area contributed by atoms with Crippen molar-refractivity contribution in [2.75, 3.05) is 6.61 Å². The van der Waals surface area contributed by atoms with Gasteiger partial charge in [-0.3, -0.25) is 19.3 Å². The molecule has 6 nitrogen and oxygen atoms in total. The molecule has 158 valence electrons. The Kier molecular flexibility index (Phi) is 6.25. The van der Waals surface area contributed by atoms with Crippen LogP contribution in [-0.4, -0.2) is 46.2 Å². The van der Waals surface area contributed by atoms with Crippen molar-refractivity contribution >= 4 is 17.7 Å². The molecule has 0 aliphatic carbocycles. The van der Waals surface area contributed by atoms with Crippen LogP contribution in [0.2, 0.25) is 0 Å². The number of imide groups is 1. The van der Waals surface area contributed by atoms with Crippen LogP contribution in [0.3, 0.4) is 0 Å². The molecule has 0 fully saturated rings. The molecule has 0 atom stereocenters. The fraction of sp³-hybridized carbons (Fsp3) is 0.375. The molecule has 2 aromatic rings. The zero-order valence-electron chi connectivity index (χ0n) is 18.1. The van der Waals surface area contributed by atoms with E-state index in [9.17, 15) is 14.4 Å². The summed E-state index contributed by atoms with van der Waals surface area (Å²) in [6.07, 6.45) is 0. The zero-order chi connectivity index (χ0) is 22.0. The van der Waals surface area contributed by atoms with Crippen LogP contribution in [0.5, 0.6) is 5.75 Å². The summed E-state index contributed by atoms with van der Waals surface area (Å²) in [7, 11) is 0. The van der Waals surface area contributed by atoms with Gasteiger partial charge in [-0.1, -0.05) is 18.2 Å². The monoisotopic (exact) mass is 408 g/mol. The average molecular weight is 408 g/mol. The predicted molar refractivity (Wildman–Crippen MR) is 115 cm³/mol. The van der Waals surface area contributed by atoms with Crippen molar-refractivity contribution in [3.8, 4) is 5.75 Å². The minimum atomic E-state index is -0.316. The Bertz CT molecular complexity index is 938.